The molecule has 2 heterocycles. The molecule has 0 fully saturated rings. The van der Waals surface area contributed by atoms with Crippen LogP contribution in [-0.4, -0.2) is 9.78 Å². The van der Waals surface area contributed by atoms with Gasteiger partial charge in [-0.25, -0.2) is 0 Å². The molecule has 0 spiro atoms. The minimum atomic E-state index is 0.454. The Morgan fingerprint density at radius 2 is 2.28 bits per heavy atom. The molecule has 1 N–H and O–H groups in total. The van der Waals surface area contributed by atoms with Crippen LogP contribution >= 0.6 is 11.3 Å². The van der Waals surface area contributed by atoms with Crippen LogP contribution in [0.3, 0.4) is 0 Å². The molecule has 2 rings (SSSR count). The predicted molar refractivity (Wildman–Crippen MR) is 76.7 cm³/mol. The van der Waals surface area contributed by atoms with Gasteiger partial charge in [0.1, 0.15) is 0 Å². The van der Waals surface area contributed by atoms with Crippen LogP contribution in [0.1, 0.15) is 43.3 Å². The molecule has 98 valence electrons. The van der Waals surface area contributed by atoms with Crippen molar-refractivity contribution < 1.29 is 0 Å². The van der Waals surface area contributed by atoms with E-state index >= 15 is 0 Å². The highest BCUT2D eigenvalue weighted by atomic mass is 32.1. The highest BCUT2D eigenvalue weighted by molar-refractivity contribution is 7.10. The van der Waals surface area contributed by atoms with Gasteiger partial charge < -0.3 is 5.32 Å². The average Bonchev–Trinajstić information content (AvgIpc) is 3.03. The molecule has 1 unspecified atom stereocenters. The van der Waals surface area contributed by atoms with E-state index < -0.39 is 0 Å². The first-order valence-electron chi connectivity index (χ1n) is 6.62. The summed E-state index contributed by atoms with van der Waals surface area (Å²) in [6.07, 6.45) is 4.12. The first kappa shape index (κ1) is 13.3. The van der Waals surface area contributed by atoms with Crippen molar-refractivity contribution >= 4 is 11.3 Å². The van der Waals surface area contributed by atoms with E-state index in [1.165, 1.54) is 10.6 Å². The number of aryl methyl sites for hydroxylation is 1. The van der Waals surface area contributed by atoms with Gasteiger partial charge in [-0.2, -0.15) is 5.10 Å². The summed E-state index contributed by atoms with van der Waals surface area (Å²) in [6.45, 7) is 6.29. The summed E-state index contributed by atoms with van der Waals surface area (Å²) in [4.78, 5) is 1.42. The fourth-order valence-electron chi connectivity index (χ4n) is 2.09. The number of hydrogen-bond acceptors (Lipinski definition) is 3. The number of aromatic nitrogens is 2. The summed E-state index contributed by atoms with van der Waals surface area (Å²) in [7, 11) is 0. The van der Waals surface area contributed by atoms with Crippen LogP contribution < -0.4 is 5.32 Å². The molecule has 2 aromatic rings. The monoisotopic (exact) mass is 263 g/mol. The van der Waals surface area contributed by atoms with Crippen molar-refractivity contribution in [1.29, 1.82) is 0 Å². The third-order valence-corrected chi connectivity index (χ3v) is 4.05. The SMILES string of the molecule is CCCn1nccc1CNC(CC)c1cccs1. The molecular weight excluding hydrogens is 242 g/mol. The van der Waals surface area contributed by atoms with Crippen LogP contribution in [0, 0.1) is 0 Å². The summed E-state index contributed by atoms with van der Waals surface area (Å²) in [5.41, 5.74) is 1.27. The highest BCUT2D eigenvalue weighted by Gasteiger charge is 2.10. The van der Waals surface area contributed by atoms with Crippen LogP contribution in [0.2, 0.25) is 0 Å². The van der Waals surface area contributed by atoms with Crippen molar-refractivity contribution in [2.45, 2.75) is 45.8 Å². The predicted octanol–water partition coefficient (Wildman–Crippen LogP) is 3.60. The standard InChI is InChI=1S/C14H21N3S/c1-3-9-17-12(7-8-16-17)11-15-13(4-2)14-6-5-10-18-14/h5-8,10,13,15H,3-4,9,11H2,1-2H3. The quantitative estimate of drug-likeness (QED) is 0.827. The molecule has 18 heavy (non-hydrogen) atoms. The van der Waals surface area contributed by atoms with E-state index in [0.29, 0.717) is 6.04 Å². The Hall–Kier alpha value is -1.13. The van der Waals surface area contributed by atoms with Gasteiger partial charge in [0.05, 0.1) is 5.69 Å². The fourth-order valence-corrected chi connectivity index (χ4v) is 2.97. The molecule has 2 aromatic heterocycles. The summed E-state index contributed by atoms with van der Waals surface area (Å²) < 4.78 is 2.09. The fraction of sp³-hybridized carbons (Fsp3) is 0.500. The van der Waals surface area contributed by atoms with E-state index in [9.17, 15) is 0 Å². The lowest BCUT2D eigenvalue weighted by Gasteiger charge is -2.16. The average molecular weight is 263 g/mol. The minimum Gasteiger partial charge on any atom is -0.304 e. The van der Waals surface area contributed by atoms with Gasteiger partial charge in [-0.05, 0) is 30.4 Å². The highest BCUT2D eigenvalue weighted by Crippen LogP contribution is 2.22. The van der Waals surface area contributed by atoms with E-state index in [2.05, 4.69) is 52.5 Å². The van der Waals surface area contributed by atoms with Crippen LogP contribution in [0.25, 0.3) is 0 Å². The normalized spacial score (nSPS) is 12.8. The van der Waals surface area contributed by atoms with Gasteiger partial charge in [0.15, 0.2) is 0 Å². The lowest BCUT2D eigenvalue weighted by atomic mass is 10.2. The maximum Gasteiger partial charge on any atom is 0.0522 e. The largest absolute Gasteiger partial charge is 0.304 e. The summed E-state index contributed by atoms with van der Waals surface area (Å²) >= 11 is 1.82. The number of rotatable bonds is 7. The molecule has 0 saturated carbocycles. The minimum absolute atomic E-state index is 0.454. The Morgan fingerprint density at radius 1 is 1.39 bits per heavy atom. The van der Waals surface area contributed by atoms with Gasteiger partial charge in [0.2, 0.25) is 0 Å². The zero-order valence-corrected chi connectivity index (χ0v) is 11.9. The van der Waals surface area contributed by atoms with Crippen LogP contribution in [0.15, 0.2) is 29.8 Å². The number of hydrogen-bond donors (Lipinski definition) is 1. The van der Waals surface area contributed by atoms with Crippen LogP contribution in [0.5, 0.6) is 0 Å². The third-order valence-electron chi connectivity index (χ3n) is 3.06. The lowest BCUT2D eigenvalue weighted by molar-refractivity contribution is 0.492. The van der Waals surface area contributed by atoms with Crippen LogP contribution in [-0.2, 0) is 13.1 Å². The third kappa shape index (κ3) is 3.21. The second-order valence-electron chi connectivity index (χ2n) is 4.40. The molecule has 3 nitrogen and oxygen atoms in total. The maximum absolute atomic E-state index is 4.35. The molecule has 0 radical (unpaired) electrons. The Bertz CT molecular complexity index is 447. The molecular formula is C14H21N3S. The smallest absolute Gasteiger partial charge is 0.0522 e. The van der Waals surface area contributed by atoms with Crippen molar-refractivity contribution in [2.75, 3.05) is 0 Å². The summed E-state index contributed by atoms with van der Waals surface area (Å²) in [5, 5.41) is 10.1. The molecule has 0 aliphatic carbocycles. The molecule has 0 amide bonds. The van der Waals surface area contributed by atoms with E-state index in [1.807, 2.05) is 17.5 Å². The number of thiophene rings is 1. The molecule has 4 heteroatoms. The second kappa shape index (κ2) is 6.71. The van der Waals surface area contributed by atoms with Gasteiger partial charge in [0.25, 0.3) is 0 Å². The van der Waals surface area contributed by atoms with Crippen molar-refractivity contribution in [2.24, 2.45) is 0 Å². The van der Waals surface area contributed by atoms with Gasteiger partial charge >= 0.3 is 0 Å². The number of nitrogens with zero attached hydrogens (tertiary/aromatic N) is 2. The second-order valence-corrected chi connectivity index (χ2v) is 5.38. The van der Waals surface area contributed by atoms with Crippen molar-refractivity contribution in [1.82, 2.24) is 15.1 Å². The molecule has 0 aliphatic heterocycles. The van der Waals surface area contributed by atoms with E-state index in [-0.39, 0.29) is 0 Å². The Balaban J connectivity index is 1.95. The van der Waals surface area contributed by atoms with E-state index in [4.69, 9.17) is 0 Å². The van der Waals surface area contributed by atoms with E-state index in [0.717, 1.165) is 25.9 Å². The number of nitrogens with one attached hydrogen (secondary N) is 1. The lowest BCUT2D eigenvalue weighted by Crippen LogP contribution is -2.21. The van der Waals surface area contributed by atoms with Gasteiger partial charge in [-0.1, -0.05) is 19.9 Å². The topological polar surface area (TPSA) is 29.9 Å². The van der Waals surface area contributed by atoms with Crippen LogP contribution in [0.4, 0.5) is 0 Å². The zero-order chi connectivity index (χ0) is 12.8. The van der Waals surface area contributed by atoms with Gasteiger partial charge in [-0.15, -0.1) is 11.3 Å². The molecule has 1 atom stereocenters. The Morgan fingerprint density at radius 3 is 2.94 bits per heavy atom. The zero-order valence-electron chi connectivity index (χ0n) is 11.1. The van der Waals surface area contributed by atoms with Gasteiger partial charge in [0, 0.05) is 30.2 Å². The Labute approximate surface area is 113 Å². The molecule has 0 aromatic carbocycles. The first-order valence-corrected chi connectivity index (χ1v) is 7.50. The van der Waals surface area contributed by atoms with E-state index in [1.54, 1.807) is 0 Å². The Kier molecular flexibility index (Phi) is 4.96. The van der Waals surface area contributed by atoms with Crippen molar-refractivity contribution in [3.63, 3.8) is 0 Å². The van der Waals surface area contributed by atoms with Crippen molar-refractivity contribution in [3.8, 4) is 0 Å². The van der Waals surface area contributed by atoms with Gasteiger partial charge in [-0.3, -0.25) is 4.68 Å². The molecule has 0 bridgehead atoms. The molecule has 0 aliphatic rings. The maximum atomic E-state index is 4.35. The summed E-state index contributed by atoms with van der Waals surface area (Å²) in [5.74, 6) is 0. The first-order chi connectivity index (χ1) is 8.85. The molecule has 0 saturated heterocycles. The van der Waals surface area contributed by atoms with Crippen molar-refractivity contribution in [3.05, 3.63) is 40.3 Å². The summed E-state index contributed by atoms with van der Waals surface area (Å²) in [6, 6.07) is 6.87.